The van der Waals surface area contributed by atoms with Crippen LogP contribution in [0.2, 0.25) is 0 Å². The number of hydrogen-bond donors (Lipinski definition) is 1. The van der Waals surface area contributed by atoms with Crippen molar-refractivity contribution >= 4 is 34.2 Å². The van der Waals surface area contributed by atoms with Gasteiger partial charge in [0.15, 0.2) is 0 Å². The van der Waals surface area contributed by atoms with Crippen molar-refractivity contribution in [1.82, 2.24) is 14.8 Å². The molecule has 0 atom stereocenters. The maximum atomic E-state index is 12.2. The van der Waals surface area contributed by atoms with Crippen LogP contribution in [0.4, 0.5) is 5.69 Å². The molecule has 0 fully saturated rings. The number of rotatable bonds is 4. The molecule has 6 heteroatoms. The molecule has 0 saturated heterocycles. The third-order valence-corrected chi connectivity index (χ3v) is 3.78. The molecule has 2 aromatic carbocycles. The topological polar surface area (TPSA) is 59.8 Å². The predicted molar refractivity (Wildman–Crippen MR) is 92.7 cm³/mol. The smallest absolute Gasteiger partial charge is 0.255 e. The number of nitrogens with one attached hydrogen (secondary N) is 1. The Morgan fingerprint density at radius 3 is 2.68 bits per heavy atom. The lowest BCUT2D eigenvalue weighted by atomic mass is 10.1. The molecule has 1 heterocycles. The number of aromatic nitrogens is 3. The van der Waals surface area contributed by atoms with Crippen molar-refractivity contribution in [1.29, 1.82) is 0 Å². The third-order valence-electron chi connectivity index (χ3n) is 3.11. The van der Waals surface area contributed by atoms with Gasteiger partial charge in [0, 0.05) is 14.8 Å². The van der Waals surface area contributed by atoms with Gasteiger partial charge in [0.25, 0.3) is 5.91 Å². The fourth-order valence-electron chi connectivity index (χ4n) is 2.03. The van der Waals surface area contributed by atoms with Crippen LogP contribution in [0.3, 0.4) is 0 Å². The lowest BCUT2D eigenvalue weighted by Crippen LogP contribution is -2.12. The van der Waals surface area contributed by atoms with E-state index >= 15 is 0 Å². The fourth-order valence-corrected chi connectivity index (χ4v) is 2.58. The van der Waals surface area contributed by atoms with E-state index in [9.17, 15) is 4.79 Å². The minimum atomic E-state index is -0.116. The largest absolute Gasteiger partial charge is 0.322 e. The second-order valence-electron chi connectivity index (χ2n) is 4.75. The van der Waals surface area contributed by atoms with Crippen LogP contribution in [0.5, 0.6) is 0 Å². The molecule has 110 valence electrons. The highest BCUT2D eigenvalue weighted by molar-refractivity contribution is 14.1. The van der Waals surface area contributed by atoms with Gasteiger partial charge < -0.3 is 5.32 Å². The molecule has 0 unspecified atom stereocenters. The second-order valence-corrected chi connectivity index (χ2v) is 6.00. The van der Waals surface area contributed by atoms with Crippen LogP contribution in [-0.4, -0.2) is 20.7 Å². The summed E-state index contributed by atoms with van der Waals surface area (Å²) in [5.74, 6) is -0.116. The first-order chi connectivity index (χ1) is 10.7. The zero-order valence-corrected chi connectivity index (χ0v) is 13.8. The Morgan fingerprint density at radius 2 is 2.00 bits per heavy atom. The van der Waals surface area contributed by atoms with E-state index in [0.29, 0.717) is 12.1 Å². The molecule has 1 N–H and O–H groups in total. The van der Waals surface area contributed by atoms with Crippen molar-refractivity contribution in [3.05, 3.63) is 75.9 Å². The summed E-state index contributed by atoms with van der Waals surface area (Å²) in [4.78, 5) is 16.1. The monoisotopic (exact) mass is 404 g/mol. The van der Waals surface area contributed by atoms with Crippen molar-refractivity contribution in [2.45, 2.75) is 6.54 Å². The molecule has 0 aliphatic rings. The number of hydrogen-bond acceptors (Lipinski definition) is 3. The van der Waals surface area contributed by atoms with Crippen LogP contribution in [0, 0.1) is 3.57 Å². The molecule has 1 amide bonds. The van der Waals surface area contributed by atoms with E-state index < -0.39 is 0 Å². The molecule has 0 spiro atoms. The van der Waals surface area contributed by atoms with Gasteiger partial charge in [-0.25, -0.2) is 9.67 Å². The summed E-state index contributed by atoms with van der Waals surface area (Å²) in [6, 6.07) is 15.2. The molecule has 0 radical (unpaired) electrons. The maximum absolute atomic E-state index is 12.2. The van der Waals surface area contributed by atoms with Crippen LogP contribution < -0.4 is 5.32 Å². The van der Waals surface area contributed by atoms with Crippen molar-refractivity contribution in [3.63, 3.8) is 0 Å². The lowest BCUT2D eigenvalue weighted by molar-refractivity contribution is 0.102. The van der Waals surface area contributed by atoms with E-state index in [1.165, 1.54) is 6.33 Å². The van der Waals surface area contributed by atoms with Crippen molar-refractivity contribution in [3.8, 4) is 0 Å². The highest BCUT2D eigenvalue weighted by Crippen LogP contribution is 2.14. The minimum Gasteiger partial charge on any atom is -0.322 e. The van der Waals surface area contributed by atoms with Crippen molar-refractivity contribution < 1.29 is 4.79 Å². The van der Waals surface area contributed by atoms with Gasteiger partial charge in [-0.1, -0.05) is 18.2 Å². The van der Waals surface area contributed by atoms with Crippen molar-refractivity contribution in [2.75, 3.05) is 5.32 Å². The molecule has 0 bridgehead atoms. The minimum absolute atomic E-state index is 0.116. The number of amides is 1. The number of anilines is 1. The van der Waals surface area contributed by atoms with Crippen LogP contribution in [0.25, 0.3) is 0 Å². The number of carbonyl (C=O) groups is 1. The lowest BCUT2D eigenvalue weighted by Gasteiger charge is -2.07. The molecule has 3 aromatic rings. The van der Waals surface area contributed by atoms with Gasteiger partial charge >= 0.3 is 0 Å². The third kappa shape index (κ3) is 3.70. The van der Waals surface area contributed by atoms with Crippen LogP contribution in [-0.2, 0) is 6.54 Å². The Balaban J connectivity index is 1.68. The average Bonchev–Trinajstić information content (AvgIpc) is 3.01. The molecule has 5 nitrogen and oxygen atoms in total. The van der Waals surface area contributed by atoms with E-state index in [1.807, 2.05) is 48.5 Å². The molecule has 0 saturated carbocycles. The number of carbonyl (C=O) groups excluding carboxylic acids is 1. The van der Waals surface area contributed by atoms with Gasteiger partial charge in [-0.3, -0.25) is 4.79 Å². The summed E-state index contributed by atoms with van der Waals surface area (Å²) >= 11 is 2.22. The molecule has 22 heavy (non-hydrogen) atoms. The predicted octanol–water partition coefficient (Wildman–Crippen LogP) is 3.18. The molecular weight excluding hydrogens is 391 g/mol. The molecular formula is C16H13IN4O. The van der Waals surface area contributed by atoms with Crippen LogP contribution in [0.1, 0.15) is 15.9 Å². The number of benzene rings is 2. The Labute approximate surface area is 141 Å². The quantitative estimate of drug-likeness (QED) is 0.680. The highest BCUT2D eigenvalue weighted by Gasteiger charge is 2.06. The number of halogens is 1. The summed E-state index contributed by atoms with van der Waals surface area (Å²) in [7, 11) is 0. The first-order valence-electron chi connectivity index (χ1n) is 6.69. The van der Waals surface area contributed by atoms with Gasteiger partial charge in [0.1, 0.15) is 12.7 Å². The molecule has 0 aliphatic carbocycles. The Bertz CT molecular complexity index is 769. The summed E-state index contributed by atoms with van der Waals surface area (Å²) in [5.41, 5.74) is 2.49. The van der Waals surface area contributed by atoms with Gasteiger partial charge in [-0.05, 0) is 58.5 Å². The second kappa shape index (κ2) is 6.69. The average molecular weight is 404 g/mol. The van der Waals surface area contributed by atoms with Crippen molar-refractivity contribution in [2.24, 2.45) is 0 Å². The molecule has 1 aromatic heterocycles. The standard InChI is InChI=1S/C16H13IN4O/c17-14-2-1-3-15(8-14)20-16(22)13-6-4-12(5-7-13)9-21-11-18-10-19-21/h1-8,10-11H,9H2,(H,20,22). The van der Waals surface area contributed by atoms with Gasteiger partial charge in [-0.15, -0.1) is 0 Å². The van der Waals surface area contributed by atoms with Gasteiger partial charge in [-0.2, -0.15) is 5.10 Å². The van der Waals surface area contributed by atoms with Crippen LogP contribution in [0.15, 0.2) is 61.2 Å². The van der Waals surface area contributed by atoms with Gasteiger partial charge in [0.05, 0.1) is 6.54 Å². The SMILES string of the molecule is O=C(Nc1cccc(I)c1)c1ccc(Cn2cncn2)cc1. The zero-order valence-electron chi connectivity index (χ0n) is 11.6. The molecule has 0 aliphatic heterocycles. The van der Waals surface area contributed by atoms with E-state index in [4.69, 9.17) is 0 Å². The van der Waals surface area contributed by atoms with E-state index in [-0.39, 0.29) is 5.91 Å². The molecule has 3 rings (SSSR count). The van der Waals surface area contributed by atoms with E-state index in [0.717, 1.165) is 14.8 Å². The highest BCUT2D eigenvalue weighted by atomic mass is 127. The Kier molecular flexibility index (Phi) is 4.47. The van der Waals surface area contributed by atoms with E-state index in [1.54, 1.807) is 11.0 Å². The first kappa shape index (κ1) is 14.7. The van der Waals surface area contributed by atoms with E-state index in [2.05, 4.69) is 38.0 Å². The van der Waals surface area contributed by atoms with Crippen LogP contribution >= 0.6 is 22.6 Å². The maximum Gasteiger partial charge on any atom is 0.255 e. The normalized spacial score (nSPS) is 10.4. The number of nitrogens with zero attached hydrogens (tertiary/aromatic N) is 3. The Morgan fingerprint density at radius 1 is 1.18 bits per heavy atom. The summed E-state index contributed by atoms with van der Waals surface area (Å²) < 4.78 is 2.82. The summed E-state index contributed by atoms with van der Waals surface area (Å²) in [5, 5.41) is 6.95. The summed E-state index contributed by atoms with van der Waals surface area (Å²) in [6.45, 7) is 0.638. The summed E-state index contributed by atoms with van der Waals surface area (Å²) in [6.07, 6.45) is 3.17. The zero-order chi connectivity index (χ0) is 15.4. The fraction of sp³-hybridized carbons (Fsp3) is 0.0625. The van der Waals surface area contributed by atoms with Gasteiger partial charge in [0.2, 0.25) is 0 Å². The first-order valence-corrected chi connectivity index (χ1v) is 7.77. The Hall–Kier alpha value is -2.22.